The van der Waals surface area contributed by atoms with Gasteiger partial charge in [0.15, 0.2) is 5.13 Å². The van der Waals surface area contributed by atoms with Gasteiger partial charge in [0.1, 0.15) is 0 Å². The molecule has 0 bridgehead atoms. The van der Waals surface area contributed by atoms with E-state index in [-0.39, 0.29) is 24.3 Å². The quantitative estimate of drug-likeness (QED) is 0.536. The highest BCUT2D eigenvalue weighted by molar-refractivity contribution is 8.00. The number of esters is 1. The number of aromatic nitrogens is 1. The molecule has 0 aliphatic carbocycles. The molecule has 1 aromatic carbocycles. The number of benzene rings is 1. The number of rotatable bonds is 8. The van der Waals surface area contributed by atoms with Gasteiger partial charge < -0.3 is 20.7 Å². The minimum atomic E-state index is -0.474. The summed E-state index contributed by atoms with van der Waals surface area (Å²) >= 11 is 2.74. The zero-order valence-electron chi connectivity index (χ0n) is 17.0. The number of carbonyl (C=O) groups is 3. The van der Waals surface area contributed by atoms with Crippen LogP contribution in [0.4, 0.5) is 9.93 Å². The van der Waals surface area contributed by atoms with Crippen LogP contribution in [-0.4, -0.2) is 47.0 Å². The molecule has 1 atom stereocenters. The average Bonchev–Trinajstić information content (AvgIpc) is 3.08. The van der Waals surface area contributed by atoms with E-state index in [9.17, 15) is 14.4 Å². The van der Waals surface area contributed by atoms with Gasteiger partial charge in [0.2, 0.25) is 5.91 Å². The number of carbonyl (C=O) groups excluding carboxylic acids is 3. The van der Waals surface area contributed by atoms with Crippen LogP contribution in [0, 0.1) is 0 Å². The SMILES string of the molecule is CCOC(=O)C1=C(CSCC(=O)Nc2nc3ccc(CC)cc3s2)NC(=O)N[C@@H]1C. The Morgan fingerprint density at radius 2 is 2.13 bits per heavy atom. The second-order valence-corrected chi connectivity index (χ2v) is 8.66. The van der Waals surface area contributed by atoms with Gasteiger partial charge in [-0.05, 0) is 38.0 Å². The summed E-state index contributed by atoms with van der Waals surface area (Å²) in [7, 11) is 0. The van der Waals surface area contributed by atoms with Crippen LogP contribution in [0.15, 0.2) is 29.5 Å². The minimum Gasteiger partial charge on any atom is -0.463 e. The summed E-state index contributed by atoms with van der Waals surface area (Å²) in [5.74, 6) is -0.202. The molecule has 0 saturated carbocycles. The second-order valence-electron chi connectivity index (χ2n) is 6.65. The number of thiazole rings is 1. The highest BCUT2D eigenvalue weighted by Crippen LogP contribution is 2.27. The minimum absolute atomic E-state index is 0.160. The van der Waals surface area contributed by atoms with Gasteiger partial charge in [-0.2, -0.15) is 0 Å². The molecular weight excluding hydrogens is 424 g/mol. The zero-order chi connectivity index (χ0) is 21.7. The number of hydrogen-bond donors (Lipinski definition) is 3. The van der Waals surface area contributed by atoms with Crippen molar-refractivity contribution in [1.29, 1.82) is 0 Å². The maximum Gasteiger partial charge on any atom is 0.337 e. The summed E-state index contributed by atoms with van der Waals surface area (Å²) in [6.07, 6.45) is 0.945. The Bertz CT molecular complexity index is 1000. The molecule has 0 unspecified atom stereocenters. The Morgan fingerprint density at radius 3 is 2.87 bits per heavy atom. The number of nitrogens with zero attached hydrogens (tertiary/aromatic N) is 1. The fourth-order valence-corrected chi connectivity index (χ4v) is 4.77. The number of nitrogens with one attached hydrogen (secondary N) is 3. The van der Waals surface area contributed by atoms with Crippen molar-refractivity contribution >= 4 is 56.4 Å². The van der Waals surface area contributed by atoms with Crippen LogP contribution in [0.2, 0.25) is 0 Å². The first-order valence-electron chi connectivity index (χ1n) is 9.66. The molecule has 3 rings (SSSR count). The lowest BCUT2D eigenvalue weighted by atomic mass is 10.1. The first-order chi connectivity index (χ1) is 14.4. The third kappa shape index (κ3) is 5.31. The molecule has 1 aliphatic heterocycles. The van der Waals surface area contributed by atoms with Gasteiger partial charge in [-0.3, -0.25) is 4.79 Å². The fraction of sp³-hybridized carbons (Fsp3) is 0.400. The van der Waals surface area contributed by atoms with Crippen LogP contribution in [0.1, 0.15) is 26.3 Å². The second kappa shape index (κ2) is 9.94. The van der Waals surface area contributed by atoms with E-state index in [1.807, 2.05) is 12.1 Å². The summed E-state index contributed by atoms with van der Waals surface area (Å²) in [5, 5.41) is 8.67. The van der Waals surface area contributed by atoms with Crippen molar-refractivity contribution in [2.75, 3.05) is 23.4 Å². The smallest absolute Gasteiger partial charge is 0.337 e. The van der Waals surface area contributed by atoms with Crippen molar-refractivity contribution < 1.29 is 19.1 Å². The van der Waals surface area contributed by atoms with Gasteiger partial charge in [0.05, 0.1) is 34.2 Å². The molecule has 8 nitrogen and oxygen atoms in total. The van der Waals surface area contributed by atoms with E-state index in [1.165, 1.54) is 28.7 Å². The number of aryl methyl sites for hydroxylation is 1. The molecule has 2 heterocycles. The Kier molecular flexibility index (Phi) is 7.33. The molecule has 2 aromatic rings. The molecule has 0 radical (unpaired) electrons. The molecule has 3 amide bonds. The van der Waals surface area contributed by atoms with E-state index in [0.29, 0.717) is 22.2 Å². The molecule has 10 heteroatoms. The van der Waals surface area contributed by atoms with Crippen molar-refractivity contribution in [2.24, 2.45) is 0 Å². The zero-order valence-corrected chi connectivity index (χ0v) is 18.7. The lowest BCUT2D eigenvalue weighted by Gasteiger charge is -2.26. The number of fused-ring (bicyclic) bond motifs is 1. The van der Waals surface area contributed by atoms with Gasteiger partial charge in [-0.25, -0.2) is 14.6 Å². The number of amides is 3. The van der Waals surface area contributed by atoms with Crippen LogP contribution in [0.3, 0.4) is 0 Å². The van der Waals surface area contributed by atoms with Crippen LogP contribution < -0.4 is 16.0 Å². The number of anilines is 1. The van der Waals surface area contributed by atoms with Gasteiger partial charge >= 0.3 is 12.0 Å². The van der Waals surface area contributed by atoms with E-state index in [2.05, 4.69) is 33.9 Å². The summed E-state index contributed by atoms with van der Waals surface area (Å²) in [5.41, 5.74) is 2.93. The van der Waals surface area contributed by atoms with Crippen LogP contribution >= 0.6 is 23.1 Å². The molecule has 1 aromatic heterocycles. The largest absolute Gasteiger partial charge is 0.463 e. The molecule has 3 N–H and O–H groups in total. The third-order valence-corrected chi connectivity index (χ3v) is 6.35. The Balaban J connectivity index is 1.60. The summed E-state index contributed by atoms with van der Waals surface area (Å²) < 4.78 is 6.12. The lowest BCUT2D eigenvalue weighted by molar-refractivity contribution is -0.139. The highest BCUT2D eigenvalue weighted by atomic mass is 32.2. The van der Waals surface area contributed by atoms with Crippen molar-refractivity contribution in [2.45, 2.75) is 33.2 Å². The molecular formula is C20H24N4O4S2. The van der Waals surface area contributed by atoms with Gasteiger partial charge in [-0.1, -0.05) is 24.3 Å². The molecule has 1 aliphatic rings. The van der Waals surface area contributed by atoms with E-state index in [1.54, 1.807) is 13.8 Å². The predicted molar refractivity (Wildman–Crippen MR) is 120 cm³/mol. The average molecular weight is 449 g/mol. The number of thioether (sulfide) groups is 1. The monoisotopic (exact) mass is 448 g/mol. The third-order valence-electron chi connectivity index (χ3n) is 4.45. The van der Waals surface area contributed by atoms with Gasteiger partial charge in [0, 0.05) is 11.4 Å². The summed E-state index contributed by atoms with van der Waals surface area (Å²) in [6.45, 7) is 5.78. The van der Waals surface area contributed by atoms with Crippen LogP contribution in [0.25, 0.3) is 10.2 Å². The Morgan fingerprint density at radius 1 is 1.33 bits per heavy atom. The normalized spacial score (nSPS) is 16.2. The summed E-state index contributed by atoms with van der Waals surface area (Å²) in [6, 6.07) is 5.24. The maximum atomic E-state index is 12.3. The van der Waals surface area contributed by atoms with E-state index in [4.69, 9.17) is 4.74 Å². The Labute approximate surface area is 182 Å². The van der Waals surface area contributed by atoms with Crippen molar-refractivity contribution in [3.05, 3.63) is 35.0 Å². The first-order valence-corrected chi connectivity index (χ1v) is 11.6. The number of ether oxygens (including phenoxy) is 1. The fourth-order valence-electron chi connectivity index (χ4n) is 3.04. The first kappa shape index (κ1) is 22.1. The lowest BCUT2D eigenvalue weighted by Crippen LogP contribution is -2.49. The topological polar surface area (TPSA) is 109 Å². The summed E-state index contributed by atoms with van der Waals surface area (Å²) in [4.78, 5) is 40.8. The van der Waals surface area contributed by atoms with E-state index < -0.39 is 12.0 Å². The highest BCUT2D eigenvalue weighted by Gasteiger charge is 2.29. The predicted octanol–water partition coefficient (Wildman–Crippen LogP) is 3.05. The number of urea groups is 1. The van der Waals surface area contributed by atoms with Crippen LogP contribution in [0.5, 0.6) is 0 Å². The standard InChI is InChI=1S/C20H24N4O4S2/c1-4-12-6-7-13-15(8-12)30-20(23-13)24-16(25)10-29-9-14-17(18(26)28-5-2)11(3)21-19(27)22-14/h6-8,11H,4-5,9-10H2,1-3H3,(H2,21,22,27)(H,23,24,25)/t11-/m1/s1. The molecule has 30 heavy (non-hydrogen) atoms. The van der Waals surface area contributed by atoms with E-state index >= 15 is 0 Å². The maximum absolute atomic E-state index is 12.3. The van der Waals surface area contributed by atoms with Crippen molar-refractivity contribution in [3.63, 3.8) is 0 Å². The molecule has 0 saturated heterocycles. The van der Waals surface area contributed by atoms with Crippen molar-refractivity contribution in [1.82, 2.24) is 15.6 Å². The van der Waals surface area contributed by atoms with Crippen molar-refractivity contribution in [3.8, 4) is 0 Å². The molecule has 0 spiro atoms. The van der Waals surface area contributed by atoms with Crippen LogP contribution in [-0.2, 0) is 20.7 Å². The van der Waals surface area contributed by atoms with Gasteiger partial charge in [0.25, 0.3) is 0 Å². The van der Waals surface area contributed by atoms with E-state index in [0.717, 1.165) is 16.6 Å². The number of hydrogen-bond acceptors (Lipinski definition) is 7. The molecule has 160 valence electrons. The molecule has 0 fully saturated rings. The van der Waals surface area contributed by atoms with Gasteiger partial charge in [-0.15, -0.1) is 11.8 Å². The Hall–Kier alpha value is -2.59.